The molecule has 1 saturated carbocycles. The minimum Gasteiger partial charge on any atom is -0.444 e. The first-order valence-electron chi connectivity index (χ1n) is 11.1. The molecule has 1 aromatic rings. The molecule has 7 nitrogen and oxygen atoms in total. The fourth-order valence-corrected chi connectivity index (χ4v) is 3.90. The molecule has 8 heteroatoms. The molecule has 32 heavy (non-hydrogen) atoms. The number of hydrogen-bond acceptors (Lipinski definition) is 5. The van der Waals surface area contributed by atoms with Crippen molar-refractivity contribution in [2.24, 2.45) is 0 Å². The van der Waals surface area contributed by atoms with Gasteiger partial charge in [0.25, 0.3) is 0 Å². The largest absolute Gasteiger partial charge is 0.444 e. The SMILES string of the molecule is Cc1cc(C)cc(C(C(=O)NC(C)C)N(C(=O)C(CS)NC(=O)OC(C)(C)C)C2CC2)c1. The van der Waals surface area contributed by atoms with E-state index in [-0.39, 0.29) is 29.7 Å². The van der Waals surface area contributed by atoms with Crippen molar-refractivity contribution in [1.29, 1.82) is 0 Å². The Morgan fingerprint density at radius 2 is 1.66 bits per heavy atom. The van der Waals surface area contributed by atoms with Crippen LogP contribution in [0, 0.1) is 13.8 Å². The highest BCUT2D eigenvalue weighted by atomic mass is 32.1. The predicted octanol–water partition coefficient (Wildman–Crippen LogP) is 3.68. The lowest BCUT2D eigenvalue weighted by Crippen LogP contribution is -2.55. The summed E-state index contributed by atoms with van der Waals surface area (Å²) in [6, 6.07) is 4.08. The number of nitrogens with zero attached hydrogens (tertiary/aromatic N) is 1. The van der Waals surface area contributed by atoms with Gasteiger partial charge in [-0.3, -0.25) is 9.59 Å². The number of ether oxygens (including phenoxy) is 1. The number of rotatable bonds is 8. The Bertz CT molecular complexity index is 826. The summed E-state index contributed by atoms with van der Waals surface area (Å²) >= 11 is 4.30. The number of carbonyl (C=O) groups is 3. The molecule has 0 heterocycles. The lowest BCUT2D eigenvalue weighted by Gasteiger charge is -2.35. The predicted molar refractivity (Wildman–Crippen MR) is 129 cm³/mol. The summed E-state index contributed by atoms with van der Waals surface area (Å²) in [4.78, 5) is 41.0. The van der Waals surface area contributed by atoms with Crippen molar-refractivity contribution in [3.05, 3.63) is 34.9 Å². The van der Waals surface area contributed by atoms with Crippen LogP contribution < -0.4 is 10.6 Å². The fraction of sp³-hybridized carbons (Fsp3) is 0.625. The van der Waals surface area contributed by atoms with Crippen LogP contribution in [-0.4, -0.2) is 52.3 Å². The molecule has 0 saturated heterocycles. The van der Waals surface area contributed by atoms with Crippen molar-refractivity contribution in [1.82, 2.24) is 15.5 Å². The number of amides is 3. The maximum atomic E-state index is 13.7. The van der Waals surface area contributed by atoms with Crippen LogP contribution in [0.4, 0.5) is 4.79 Å². The van der Waals surface area contributed by atoms with E-state index in [4.69, 9.17) is 4.74 Å². The Balaban J connectivity index is 2.41. The zero-order chi connectivity index (χ0) is 24.2. The van der Waals surface area contributed by atoms with Crippen LogP contribution in [0.15, 0.2) is 18.2 Å². The van der Waals surface area contributed by atoms with Crippen LogP contribution in [0.3, 0.4) is 0 Å². The summed E-state index contributed by atoms with van der Waals surface area (Å²) in [7, 11) is 0. The van der Waals surface area contributed by atoms with Crippen molar-refractivity contribution in [2.45, 2.75) is 91.1 Å². The first-order valence-corrected chi connectivity index (χ1v) is 11.8. The maximum absolute atomic E-state index is 13.7. The van der Waals surface area contributed by atoms with Gasteiger partial charge in [-0.05, 0) is 66.9 Å². The van der Waals surface area contributed by atoms with Crippen molar-refractivity contribution < 1.29 is 19.1 Å². The number of nitrogens with one attached hydrogen (secondary N) is 2. The Hall–Kier alpha value is -2.22. The minimum atomic E-state index is -0.908. The van der Waals surface area contributed by atoms with E-state index in [9.17, 15) is 14.4 Å². The third kappa shape index (κ3) is 7.43. The second-order valence-electron chi connectivity index (χ2n) is 9.84. The number of thiol groups is 1. The Morgan fingerprint density at radius 3 is 2.09 bits per heavy atom. The molecule has 2 unspecified atom stereocenters. The van der Waals surface area contributed by atoms with Crippen molar-refractivity contribution >= 4 is 30.5 Å². The Kier molecular flexibility index (Phi) is 8.62. The summed E-state index contributed by atoms with van der Waals surface area (Å²) in [5.41, 5.74) is 2.10. The minimum absolute atomic E-state index is 0.0611. The van der Waals surface area contributed by atoms with Crippen molar-refractivity contribution in [3.63, 3.8) is 0 Å². The number of carbonyl (C=O) groups excluding carboxylic acids is 3. The molecule has 1 aromatic carbocycles. The first kappa shape index (κ1) is 26.0. The molecule has 0 aliphatic heterocycles. The van der Waals surface area contributed by atoms with Crippen LogP contribution in [-0.2, 0) is 14.3 Å². The van der Waals surface area contributed by atoms with E-state index in [0.29, 0.717) is 0 Å². The zero-order valence-electron chi connectivity index (χ0n) is 20.2. The van der Waals surface area contributed by atoms with Crippen LogP contribution in [0.5, 0.6) is 0 Å². The number of aryl methyl sites for hydroxylation is 2. The third-order valence-corrected chi connectivity index (χ3v) is 5.25. The highest BCUT2D eigenvalue weighted by Gasteiger charge is 2.44. The second kappa shape index (κ2) is 10.6. The van der Waals surface area contributed by atoms with Gasteiger partial charge in [0.1, 0.15) is 17.7 Å². The van der Waals surface area contributed by atoms with Gasteiger partial charge in [0, 0.05) is 17.8 Å². The lowest BCUT2D eigenvalue weighted by molar-refractivity contribution is -0.143. The highest BCUT2D eigenvalue weighted by Crippen LogP contribution is 2.36. The summed E-state index contributed by atoms with van der Waals surface area (Å²) in [6.07, 6.45) is 0.941. The molecule has 1 fully saturated rings. The van der Waals surface area contributed by atoms with Crippen LogP contribution in [0.1, 0.15) is 70.2 Å². The maximum Gasteiger partial charge on any atom is 0.408 e. The Labute approximate surface area is 197 Å². The van der Waals surface area contributed by atoms with Crippen molar-refractivity contribution in [3.8, 4) is 0 Å². The van der Waals surface area contributed by atoms with Crippen LogP contribution in [0.2, 0.25) is 0 Å². The summed E-state index contributed by atoms with van der Waals surface area (Å²) < 4.78 is 5.32. The van der Waals surface area contributed by atoms with Crippen LogP contribution in [0.25, 0.3) is 0 Å². The Morgan fingerprint density at radius 1 is 1.09 bits per heavy atom. The van der Waals surface area contributed by atoms with Gasteiger partial charge >= 0.3 is 6.09 Å². The summed E-state index contributed by atoms with van der Waals surface area (Å²) in [5.74, 6) is -0.482. The third-order valence-electron chi connectivity index (χ3n) is 4.88. The van der Waals surface area contributed by atoms with Gasteiger partial charge in [-0.1, -0.05) is 29.3 Å². The van der Waals surface area contributed by atoms with E-state index >= 15 is 0 Å². The molecule has 2 rings (SSSR count). The number of alkyl carbamates (subject to hydrolysis) is 1. The monoisotopic (exact) mass is 463 g/mol. The molecule has 0 aromatic heterocycles. The van der Waals surface area contributed by atoms with Crippen molar-refractivity contribution in [2.75, 3.05) is 5.75 Å². The second-order valence-corrected chi connectivity index (χ2v) is 10.2. The van der Waals surface area contributed by atoms with Gasteiger partial charge in [0.15, 0.2) is 0 Å². The van der Waals surface area contributed by atoms with Gasteiger partial charge in [-0.25, -0.2) is 4.79 Å². The smallest absolute Gasteiger partial charge is 0.408 e. The molecule has 0 spiro atoms. The van der Waals surface area contributed by atoms with E-state index in [0.717, 1.165) is 29.5 Å². The van der Waals surface area contributed by atoms with Gasteiger partial charge < -0.3 is 20.3 Å². The lowest BCUT2D eigenvalue weighted by atomic mass is 9.98. The van der Waals surface area contributed by atoms with E-state index in [1.807, 2.05) is 45.9 Å². The van der Waals surface area contributed by atoms with E-state index < -0.39 is 23.8 Å². The first-order chi connectivity index (χ1) is 14.8. The molecule has 3 amide bonds. The van der Waals surface area contributed by atoms with Gasteiger partial charge in [-0.15, -0.1) is 0 Å². The van der Waals surface area contributed by atoms with E-state index in [1.165, 1.54) is 0 Å². The zero-order valence-corrected chi connectivity index (χ0v) is 21.1. The van der Waals surface area contributed by atoms with Gasteiger partial charge in [-0.2, -0.15) is 12.6 Å². The molecular formula is C24H37N3O4S. The van der Waals surface area contributed by atoms with E-state index in [2.05, 4.69) is 23.3 Å². The molecule has 178 valence electrons. The molecule has 2 atom stereocenters. The van der Waals surface area contributed by atoms with Crippen LogP contribution >= 0.6 is 12.6 Å². The average Bonchev–Trinajstić information content (AvgIpc) is 3.45. The molecular weight excluding hydrogens is 426 g/mol. The molecule has 2 N–H and O–H groups in total. The average molecular weight is 464 g/mol. The number of benzene rings is 1. The highest BCUT2D eigenvalue weighted by molar-refractivity contribution is 7.80. The summed E-state index contributed by atoms with van der Waals surface area (Å²) in [6.45, 7) is 13.0. The molecule has 0 bridgehead atoms. The molecule has 1 aliphatic carbocycles. The fourth-order valence-electron chi connectivity index (χ4n) is 3.66. The summed E-state index contributed by atoms with van der Waals surface area (Å²) in [5, 5.41) is 5.60. The number of hydrogen-bond donors (Lipinski definition) is 3. The van der Waals surface area contributed by atoms with E-state index in [1.54, 1.807) is 25.7 Å². The topological polar surface area (TPSA) is 87.7 Å². The standard InChI is InChI=1S/C24H37N3O4S/c1-14(2)25-21(28)20(17-11-15(3)10-16(4)12-17)27(18-8-9-18)22(29)19(13-32)26-23(30)31-24(5,6)7/h10-12,14,18-20,32H,8-9,13H2,1-7H3,(H,25,28)(H,26,30). The van der Waals surface area contributed by atoms with Gasteiger partial charge in [0.2, 0.25) is 11.8 Å². The quantitative estimate of drug-likeness (QED) is 0.513. The normalized spacial score (nSPS) is 15.7. The van der Waals surface area contributed by atoms with Gasteiger partial charge in [0.05, 0.1) is 0 Å². The molecule has 0 radical (unpaired) electrons. The molecule has 1 aliphatic rings.